The molecule has 0 aliphatic rings. The molecule has 124 valence electrons. The maximum Gasteiger partial charge on any atom is 0.405 e. The third kappa shape index (κ3) is 3.42. The zero-order valence-corrected chi connectivity index (χ0v) is 14.2. The molecule has 0 spiro atoms. The highest BCUT2D eigenvalue weighted by molar-refractivity contribution is 6.32. The van der Waals surface area contributed by atoms with Gasteiger partial charge in [-0.1, -0.05) is 11.6 Å². The number of pyridine rings is 1. The summed E-state index contributed by atoms with van der Waals surface area (Å²) in [7, 11) is 1.51. The van der Waals surface area contributed by atoms with E-state index in [1.807, 2.05) is 13.0 Å². The molecule has 1 heterocycles. The third-order valence-electron chi connectivity index (χ3n) is 3.68. The van der Waals surface area contributed by atoms with E-state index >= 15 is 0 Å². The Morgan fingerprint density at radius 2 is 2.21 bits per heavy atom. The average Bonchev–Trinajstić information content (AvgIpc) is 2.56. The number of halogens is 1. The van der Waals surface area contributed by atoms with Crippen LogP contribution in [0.3, 0.4) is 0 Å². The molecule has 0 aliphatic carbocycles. The van der Waals surface area contributed by atoms with Gasteiger partial charge in [0, 0.05) is 27.9 Å². The van der Waals surface area contributed by atoms with Gasteiger partial charge in [-0.25, -0.2) is 9.78 Å². The zero-order valence-electron chi connectivity index (χ0n) is 13.4. The highest BCUT2D eigenvalue weighted by atomic mass is 35.5. The molecule has 1 aromatic carbocycles. The van der Waals surface area contributed by atoms with E-state index in [9.17, 15) is 4.79 Å². The highest BCUT2D eigenvalue weighted by Crippen LogP contribution is 2.41. The Bertz CT molecular complexity index is 813. The molecule has 0 saturated carbocycles. The molecular weight excluding hydrogens is 330 g/mol. The van der Waals surface area contributed by atoms with Crippen molar-refractivity contribution in [1.29, 1.82) is 5.26 Å². The van der Waals surface area contributed by atoms with Crippen LogP contribution in [0.5, 0.6) is 5.75 Å². The van der Waals surface area contributed by atoms with Crippen LogP contribution in [0, 0.1) is 18.3 Å². The monoisotopic (exact) mass is 345 g/mol. The molecule has 0 fully saturated rings. The van der Waals surface area contributed by atoms with Gasteiger partial charge in [0.25, 0.3) is 0 Å². The summed E-state index contributed by atoms with van der Waals surface area (Å²) < 4.78 is 5.54. The summed E-state index contributed by atoms with van der Waals surface area (Å²) in [5.74, 6) is 0.518. The molecule has 2 N–H and O–H groups in total. The van der Waals surface area contributed by atoms with Crippen molar-refractivity contribution >= 4 is 17.7 Å². The van der Waals surface area contributed by atoms with Gasteiger partial charge in [0.2, 0.25) is 0 Å². The van der Waals surface area contributed by atoms with Gasteiger partial charge in [-0.05, 0) is 37.6 Å². The van der Waals surface area contributed by atoms with Gasteiger partial charge in [-0.15, -0.1) is 0 Å². The second-order valence-corrected chi connectivity index (χ2v) is 5.60. The summed E-state index contributed by atoms with van der Waals surface area (Å²) in [6, 6.07) is 6.51. The second kappa shape index (κ2) is 7.20. The van der Waals surface area contributed by atoms with Crippen LogP contribution in [-0.4, -0.2) is 23.3 Å². The van der Waals surface area contributed by atoms with Gasteiger partial charge < -0.3 is 15.2 Å². The topological polar surface area (TPSA) is 95.2 Å². The van der Waals surface area contributed by atoms with E-state index in [-0.39, 0.29) is 0 Å². The Labute approximate surface area is 144 Å². The van der Waals surface area contributed by atoms with Crippen LogP contribution in [0.2, 0.25) is 5.02 Å². The van der Waals surface area contributed by atoms with Crippen molar-refractivity contribution in [2.75, 3.05) is 7.11 Å². The average molecular weight is 346 g/mol. The first-order valence-electron chi connectivity index (χ1n) is 7.12. The maximum atomic E-state index is 10.9. The van der Waals surface area contributed by atoms with Gasteiger partial charge >= 0.3 is 6.09 Å². The Morgan fingerprint density at radius 1 is 1.50 bits per heavy atom. The maximum absolute atomic E-state index is 10.9. The molecule has 0 bridgehead atoms. The van der Waals surface area contributed by atoms with Crippen LogP contribution in [0.1, 0.15) is 29.8 Å². The number of nitrogens with zero attached hydrogens (tertiary/aromatic N) is 2. The van der Waals surface area contributed by atoms with Gasteiger partial charge in [-0.2, -0.15) is 5.26 Å². The molecule has 0 saturated heterocycles. The molecule has 24 heavy (non-hydrogen) atoms. The van der Waals surface area contributed by atoms with Crippen LogP contribution in [-0.2, 0) is 0 Å². The van der Waals surface area contributed by atoms with Gasteiger partial charge in [-0.3, -0.25) is 0 Å². The highest BCUT2D eigenvalue weighted by Gasteiger charge is 2.21. The lowest BCUT2D eigenvalue weighted by atomic mass is 9.94. The van der Waals surface area contributed by atoms with Crippen molar-refractivity contribution in [3.05, 3.63) is 46.2 Å². The number of ether oxygens (including phenoxy) is 1. The summed E-state index contributed by atoms with van der Waals surface area (Å²) in [6.45, 7) is 3.55. The molecule has 0 aliphatic heterocycles. The fourth-order valence-corrected chi connectivity index (χ4v) is 2.72. The Kier molecular flexibility index (Phi) is 5.27. The smallest absolute Gasteiger partial charge is 0.405 e. The van der Waals surface area contributed by atoms with Crippen molar-refractivity contribution < 1.29 is 14.6 Å². The number of methoxy groups -OCH3 is 1. The number of benzene rings is 1. The zero-order chi connectivity index (χ0) is 17.9. The largest absolute Gasteiger partial charge is 0.496 e. The SMILES string of the molecule is COc1c([C@H](C)NC(=O)O)cc(Cl)c(C)c1-c1ccc(C#N)nc1. The van der Waals surface area contributed by atoms with Crippen LogP contribution >= 0.6 is 11.6 Å². The lowest BCUT2D eigenvalue weighted by molar-refractivity contribution is 0.190. The lowest BCUT2D eigenvalue weighted by Gasteiger charge is -2.21. The molecule has 7 heteroatoms. The predicted octanol–water partition coefficient (Wildman–Crippen LogP) is 3.92. The van der Waals surface area contributed by atoms with Crippen molar-refractivity contribution in [3.63, 3.8) is 0 Å². The summed E-state index contributed by atoms with van der Waals surface area (Å²) in [5, 5.41) is 20.7. The van der Waals surface area contributed by atoms with Crippen molar-refractivity contribution in [2.24, 2.45) is 0 Å². The van der Waals surface area contributed by atoms with Crippen LogP contribution < -0.4 is 10.1 Å². The van der Waals surface area contributed by atoms with E-state index in [1.54, 1.807) is 31.3 Å². The van der Waals surface area contributed by atoms with Gasteiger partial charge in [0.05, 0.1) is 13.2 Å². The number of aromatic nitrogens is 1. The number of carboxylic acid groups (broad SMARTS) is 1. The van der Waals surface area contributed by atoms with Gasteiger partial charge in [0.15, 0.2) is 0 Å². The molecule has 1 amide bonds. The van der Waals surface area contributed by atoms with Crippen molar-refractivity contribution in [2.45, 2.75) is 19.9 Å². The fraction of sp³-hybridized carbons (Fsp3) is 0.235. The minimum atomic E-state index is -1.14. The third-order valence-corrected chi connectivity index (χ3v) is 4.07. The summed E-state index contributed by atoms with van der Waals surface area (Å²) >= 11 is 6.33. The Hall–Kier alpha value is -2.78. The minimum Gasteiger partial charge on any atom is -0.496 e. The number of rotatable bonds is 4. The molecule has 0 radical (unpaired) electrons. The summed E-state index contributed by atoms with van der Waals surface area (Å²) in [4.78, 5) is 15.0. The van der Waals surface area contributed by atoms with E-state index in [0.29, 0.717) is 22.0 Å². The Balaban J connectivity index is 2.67. The molecule has 1 aromatic heterocycles. The normalized spacial score (nSPS) is 11.5. The predicted molar refractivity (Wildman–Crippen MR) is 90.3 cm³/mol. The van der Waals surface area contributed by atoms with Crippen LogP contribution in [0.25, 0.3) is 11.1 Å². The molecule has 0 unspecified atom stereocenters. The molecule has 6 nitrogen and oxygen atoms in total. The Morgan fingerprint density at radius 3 is 2.71 bits per heavy atom. The van der Waals surface area contributed by atoms with Crippen LogP contribution in [0.15, 0.2) is 24.4 Å². The minimum absolute atomic E-state index is 0.304. The number of nitriles is 1. The van der Waals surface area contributed by atoms with Crippen molar-refractivity contribution in [3.8, 4) is 22.9 Å². The standard InChI is InChI=1S/C17H16ClN3O3/c1-9-14(18)6-13(10(2)21-17(22)23)16(24-3)15(9)11-4-5-12(7-19)20-8-11/h4-6,8,10,21H,1-3H3,(H,22,23)/t10-/m0/s1. The number of nitrogens with one attached hydrogen (secondary N) is 1. The van der Waals surface area contributed by atoms with Crippen LogP contribution in [0.4, 0.5) is 4.79 Å². The van der Waals surface area contributed by atoms with E-state index in [1.165, 1.54) is 7.11 Å². The van der Waals surface area contributed by atoms with E-state index in [0.717, 1.165) is 16.7 Å². The van der Waals surface area contributed by atoms with Gasteiger partial charge in [0.1, 0.15) is 17.5 Å². The molecule has 2 aromatic rings. The number of hydrogen-bond acceptors (Lipinski definition) is 4. The summed E-state index contributed by atoms with van der Waals surface area (Å²) in [6.07, 6.45) is 0.432. The van der Waals surface area contributed by atoms with E-state index in [4.69, 9.17) is 26.7 Å². The fourth-order valence-electron chi connectivity index (χ4n) is 2.50. The van der Waals surface area contributed by atoms with Crippen molar-refractivity contribution in [1.82, 2.24) is 10.3 Å². The number of carbonyl (C=O) groups is 1. The first-order valence-corrected chi connectivity index (χ1v) is 7.49. The molecule has 1 atom stereocenters. The van der Waals surface area contributed by atoms with E-state index < -0.39 is 12.1 Å². The first-order chi connectivity index (χ1) is 11.4. The number of amides is 1. The first kappa shape index (κ1) is 17.6. The lowest BCUT2D eigenvalue weighted by Crippen LogP contribution is -2.25. The quantitative estimate of drug-likeness (QED) is 0.875. The van der Waals surface area contributed by atoms with E-state index in [2.05, 4.69) is 10.3 Å². The molecule has 2 rings (SSSR count). The molecular formula is C17H16ClN3O3. The second-order valence-electron chi connectivity index (χ2n) is 5.20. The summed E-state index contributed by atoms with van der Waals surface area (Å²) in [5.41, 5.74) is 3.16. The number of hydrogen-bond donors (Lipinski definition) is 2.